The number of piperidine rings is 1. The first-order valence-electron chi connectivity index (χ1n) is 8.36. The van der Waals surface area contributed by atoms with Crippen LogP contribution in [0.5, 0.6) is 0 Å². The van der Waals surface area contributed by atoms with Crippen molar-refractivity contribution >= 4 is 0 Å². The van der Waals surface area contributed by atoms with Gasteiger partial charge in [-0.1, -0.05) is 6.42 Å². The van der Waals surface area contributed by atoms with Gasteiger partial charge in [0.1, 0.15) is 0 Å². The van der Waals surface area contributed by atoms with E-state index in [1.807, 2.05) is 0 Å². The summed E-state index contributed by atoms with van der Waals surface area (Å²) in [5.74, 6) is 3.18. The number of hydrogen-bond acceptors (Lipinski definition) is 2. The van der Waals surface area contributed by atoms with Crippen molar-refractivity contribution in [3.63, 3.8) is 0 Å². The van der Waals surface area contributed by atoms with Crippen LogP contribution in [-0.4, -0.2) is 36.6 Å². The van der Waals surface area contributed by atoms with Crippen LogP contribution >= 0.6 is 0 Å². The molecule has 0 aromatic rings. The van der Waals surface area contributed by atoms with Crippen molar-refractivity contribution in [2.45, 2.75) is 63.5 Å². The molecule has 1 saturated heterocycles. The van der Waals surface area contributed by atoms with Crippen molar-refractivity contribution in [1.29, 1.82) is 0 Å². The van der Waals surface area contributed by atoms with Crippen molar-refractivity contribution < 1.29 is 0 Å². The normalized spacial score (nSPS) is 40.8. The fourth-order valence-corrected chi connectivity index (χ4v) is 4.94. The van der Waals surface area contributed by atoms with Crippen molar-refractivity contribution in [3.8, 4) is 0 Å². The summed E-state index contributed by atoms with van der Waals surface area (Å²) in [6.45, 7) is 3.96. The molecule has 4 rings (SSSR count). The Labute approximate surface area is 111 Å². The lowest BCUT2D eigenvalue weighted by molar-refractivity contribution is 0.104. The highest BCUT2D eigenvalue weighted by molar-refractivity contribution is 5.00. The smallest absolute Gasteiger partial charge is 0.0129 e. The van der Waals surface area contributed by atoms with E-state index in [1.54, 1.807) is 25.7 Å². The summed E-state index contributed by atoms with van der Waals surface area (Å²) in [4.78, 5) is 2.99. The van der Waals surface area contributed by atoms with Crippen molar-refractivity contribution in [2.24, 2.45) is 17.8 Å². The quantitative estimate of drug-likeness (QED) is 0.823. The fraction of sp³-hybridized carbons (Fsp3) is 1.00. The predicted molar refractivity (Wildman–Crippen MR) is 74.6 cm³/mol. The molecule has 3 atom stereocenters. The van der Waals surface area contributed by atoms with E-state index in [-0.39, 0.29) is 0 Å². The molecule has 1 N–H and O–H groups in total. The Bertz CT molecular complexity index is 293. The van der Waals surface area contributed by atoms with Crippen LogP contribution in [0.3, 0.4) is 0 Å². The number of nitrogens with zero attached hydrogens (tertiary/aromatic N) is 1. The van der Waals surface area contributed by atoms with Crippen LogP contribution < -0.4 is 5.32 Å². The Balaban J connectivity index is 1.41. The van der Waals surface area contributed by atoms with E-state index >= 15 is 0 Å². The highest BCUT2D eigenvalue weighted by atomic mass is 15.2. The van der Waals surface area contributed by atoms with E-state index in [0.717, 1.165) is 29.8 Å². The topological polar surface area (TPSA) is 15.3 Å². The van der Waals surface area contributed by atoms with Gasteiger partial charge in [0.25, 0.3) is 0 Å². The van der Waals surface area contributed by atoms with E-state index in [9.17, 15) is 0 Å². The monoisotopic (exact) mass is 248 g/mol. The molecule has 1 heterocycles. The van der Waals surface area contributed by atoms with E-state index in [2.05, 4.69) is 10.2 Å². The van der Waals surface area contributed by atoms with E-state index in [1.165, 1.54) is 45.3 Å². The highest BCUT2D eigenvalue weighted by Crippen LogP contribution is 2.49. The fourth-order valence-electron chi connectivity index (χ4n) is 4.94. The van der Waals surface area contributed by atoms with Gasteiger partial charge in [-0.3, -0.25) is 4.90 Å². The zero-order valence-electron chi connectivity index (χ0n) is 11.6. The van der Waals surface area contributed by atoms with Gasteiger partial charge in [0, 0.05) is 18.6 Å². The molecule has 0 radical (unpaired) electrons. The summed E-state index contributed by atoms with van der Waals surface area (Å²) < 4.78 is 0. The molecule has 2 bridgehead atoms. The Morgan fingerprint density at radius 2 is 1.72 bits per heavy atom. The Hall–Kier alpha value is -0.0800. The molecule has 3 aliphatic carbocycles. The number of hydrogen-bond donors (Lipinski definition) is 1. The van der Waals surface area contributed by atoms with Crippen LogP contribution in [0.2, 0.25) is 0 Å². The van der Waals surface area contributed by atoms with E-state index in [0.29, 0.717) is 0 Å². The lowest BCUT2D eigenvalue weighted by Gasteiger charge is -2.38. The first-order valence-corrected chi connectivity index (χ1v) is 8.36. The molecule has 4 aliphatic rings. The zero-order valence-corrected chi connectivity index (χ0v) is 11.6. The van der Waals surface area contributed by atoms with Crippen LogP contribution in [0, 0.1) is 17.8 Å². The Morgan fingerprint density at radius 3 is 2.33 bits per heavy atom. The summed E-state index contributed by atoms with van der Waals surface area (Å²) in [7, 11) is 0. The first kappa shape index (κ1) is 11.7. The maximum Gasteiger partial charge on any atom is 0.0129 e. The van der Waals surface area contributed by atoms with Crippen LogP contribution in [0.25, 0.3) is 0 Å². The first-order chi connectivity index (χ1) is 8.90. The number of rotatable bonds is 4. The molecule has 102 valence electrons. The summed E-state index contributed by atoms with van der Waals surface area (Å²) >= 11 is 0. The Morgan fingerprint density at radius 1 is 0.889 bits per heavy atom. The maximum atomic E-state index is 3.51. The molecule has 0 spiro atoms. The molecular formula is C16H28N2. The standard InChI is InChI=1S/C16H28N2/c1-2-14-9-13(1)10-16(14)18(15-3-4-15)11-12-5-7-17-8-6-12/h12-17H,1-11H2. The van der Waals surface area contributed by atoms with E-state index in [4.69, 9.17) is 0 Å². The molecule has 2 nitrogen and oxygen atoms in total. The largest absolute Gasteiger partial charge is 0.317 e. The lowest BCUT2D eigenvalue weighted by atomic mass is 9.91. The van der Waals surface area contributed by atoms with Gasteiger partial charge in [0.2, 0.25) is 0 Å². The van der Waals surface area contributed by atoms with Gasteiger partial charge in [-0.05, 0) is 75.8 Å². The van der Waals surface area contributed by atoms with Crippen molar-refractivity contribution in [2.75, 3.05) is 19.6 Å². The molecule has 0 amide bonds. The SMILES string of the molecule is C1CC(CN(C2CC2)C2CC3CCC2C3)CCN1. The van der Waals surface area contributed by atoms with Gasteiger partial charge >= 0.3 is 0 Å². The molecule has 0 aromatic heterocycles. The third-order valence-corrected chi connectivity index (χ3v) is 6.07. The molecule has 4 fully saturated rings. The maximum absolute atomic E-state index is 3.51. The summed E-state index contributed by atoms with van der Waals surface area (Å²) in [5, 5.41) is 3.51. The third-order valence-electron chi connectivity index (χ3n) is 6.07. The average Bonchev–Trinajstić information content (AvgIpc) is 3.04. The Kier molecular flexibility index (Phi) is 3.12. The summed E-state index contributed by atoms with van der Waals surface area (Å²) in [5.41, 5.74) is 0. The summed E-state index contributed by atoms with van der Waals surface area (Å²) in [6.07, 6.45) is 12.1. The van der Waals surface area contributed by atoms with Crippen LogP contribution in [0.4, 0.5) is 0 Å². The molecule has 18 heavy (non-hydrogen) atoms. The van der Waals surface area contributed by atoms with Crippen molar-refractivity contribution in [1.82, 2.24) is 10.2 Å². The molecule has 2 heteroatoms. The highest BCUT2D eigenvalue weighted by Gasteiger charge is 2.46. The minimum atomic E-state index is 0.990. The second-order valence-corrected chi connectivity index (χ2v) is 7.36. The molecule has 3 saturated carbocycles. The van der Waals surface area contributed by atoms with Crippen LogP contribution in [-0.2, 0) is 0 Å². The van der Waals surface area contributed by atoms with Gasteiger partial charge in [0.15, 0.2) is 0 Å². The second kappa shape index (κ2) is 4.79. The predicted octanol–water partition coefficient (Wildman–Crippen LogP) is 2.64. The van der Waals surface area contributed by atoms with Gasteiger partial charge in [-0.15, -0.1) is 0 Å². The minimum absolute atomic E-state index is 0.990. The molecule has 1 aliphatic heterocycles. The summed E-state index contributed by atoms with van der Waals surface area (Å²) in [6, 6.07) is 1.98. The van der Waals surface area contributed by atoms with Gasteiger partial charge in [-0.2, -0.15) is 0 Å². The second-order valence-electron chi connectivity index (χ2n) is 7.36. The molecule has 0 aromatic carbocycles. The zero-order chi connectivity index (χ0) is 11.9. The third kappa shape index (κ3) is 2.22. The number of nitrogens with one attached hydrogen (secondary N) is 1. The van der Waals surface area contributed by atoms with Crippen LogP contribution in [0.1, 0.15) is 51.4 Å². The lowest BCUT2D eigenvalue weighted by Crippen LogP contribution is -2.45. The molecular weight excluding hydrogens is 220 g/mol. The number of fused-ring (bicyclic) bond motifs is 2. The minimum Gasteiger partial charge on any atom is -0.317 e. The van der Waals surface area contributed by atoms with E-state index < -0.39 is 0 Å². The van der Waals surface area contributed by atoms with Gasteiger partial charge < -0.3 is 5.32 Å². The average molecular weight is 248 g/mol. The van der Waals surface area contributed by atoms with Gasteiger partial charge in [0.05, 0.1) is 0 Å². The van der Waals surface area contributed by atoms with Crippen molar-refractivity contribution in [3.05, 3.63) is 0 Å². The molecule has 3 unspecified atom stereocenters. The van der Waals surface area contributed by atoms with Gasteiger partial charge in [-0.25, -0.2) is 0 Å². The van der Waals surface area contributed by atoms with Crippen LogP contribution in [0.15, 0.2) is 0 Å².